The second-order valence-electron chi connectivity index (χ2n) is 6.72. The maximum absolute atomic E-state index is 14.5. The molecule has 138 valence electrons. The van der Waals surface area contributed by atoms with Gasteiger partial charge in [0.05, 0.1) is 11.8 Å². The highest BCUT2D eigenvalue weighted by Crippen LogP contribution is 2.45. The van der Waals surface area contributed by atoms with E-state index in [0.717, 1.165) is 19.3 Å². The van der Waals surface area contributed by atoms with Gasteiger partial charge in [-0.2, -0.15) is 5.10 Å². The van der Waals surface area contributed by atoms with Crippen LogP contribution in [-0.2, 0) is 15.9 Å². The number of carbonyl (C=O) groups excluding carboxylic acids is 1. The summed E-state index contributed by atoms with van der Waals surface area (Å²) < 4.78 is 41.7. The molecule has 1 aliphatic heterocycles. The van der Waals surface area contributed by atoms with Crippen LogP contribution in [0.5, 0.6) is 0 Å². The third-order valence-electron chi connectivity index (χ3n) is 4.95. The molecule has 1 saturated heterocycles. The minimum Gasteiger partial charge on any atom is -0.447 e. The normalized spacial score (nSPS) is 24.7. The average molecular weight is 362 g/mol. The van der Waals surface area contributed by atoms with Crippen molar-refractivity contribution in [2.24, 2.45) is 0 Å². The molecule has 1 aromatic carbocycles. The Kier molecular flexibility index (Phi) is 4.48. The van der Waals surface area contributed by atoms with E-state index in [1.165, 1.54) is 6.20 Å². The number of fused-ring (bicyclic) bond motifs is 1. The van der Waals surface area contributed by atoms with Gasteiger partial charge in [-0.05, 0) is 37.8 Å². The summed E-state index contributed by atoms with van der Waals surface area (Å²) in [6.07, 6.45) is 2.15. The molecule has 1 unspecified atom stereocenters. The molecular weight excluding hydrogens is 342 g/mol. The number of nitrogens with zero attached hydrogens (tertiary/aromatic N) is 2. The molecule has 0 amide bonds. The predicted octanol–water partition coefficient (Wildman–Crippen LogP) is 4.06. The lowest BCUT2D eigenvalue weighted by molar-refractivity contribution is -0.128. The van der Waals surface area contributed by atoms with Crippen molar-refractivity contribution in [1.82, 2.24) is 9.78 Å². The summed E-state index contributed by atoms with van der Waals surface area (Å²) in [6, 6.07) is 8.17. The van der Waals surface area contributed by atoms with Crippen molar-refractivity contribution in [2.75, 3.05) is 6.61 Å². The molecule has 2 atom stereocenters. The molecule has 7 heteroatoms. The number of aromatic nitrogens is 2. The summed E-state index contributed by atoms with van der Waals surface area (Å²) in [6.45, 7) is 0.641. The minimum absolute atomic E-state index is 0.182. The zero-order valence-corrected chi connectivity index (χ0v) is 14.2. The number of carbonyl (C=O) groups is 1. The third-order valence-corrected chi connectivity index (χ3v) is 4.95. The van der Waals surface area contributed by atoms with Gasteiger partial charge in [-0.15, -0.1) is 0 Å². The van der Waals surface area contributed by atoms with Crippen molar-refractivity contribution in [2.45, 2.75) is 50.4 Å². The van der Waals surface area contributed by atoms with Gasteiger partial charge in [0.15, 0.2) is 6.10 Å². The van der Waals surface area contributed by atoms with Crippen molar-refractivity contribution >= 4 is 5.97 Å². The monoisotopic (exact) mass is 362 g/mol. The molecule has 2 aromatic rings. The number of alkyl halides is 2. The molecule has 2 aliphatic rings. The Balaban J connectivity index is 1.62. The smallest absolute Gasteiger partial charge is 0.338 e. The van der Waals surface area contributed by atoms with E-state index in [2.05, 4.69) is 5.10 Å². The van der Waals surface area contributed by atoms with Crippen LogP contribution in [0.25, 0.3) is 0 Å². The van der Waals surface area contributed by atoms with Crippen LogP contribution in [0.4, 0.5) is 8.78 Å². The van der Waals surface area contributed by atoms with Gasteiger partial charge in [-0.3, -0.25) is 0 Å². The van der Waals surface area contributed by atoms with Crippen LogP contribution in [-0.4, -0.2) is 28.3 Å². The van der Waals surface area contributed by atoms with Crippen LogP contribution in [0.2, 0.25) is 0 Å². The van der Waals surface area contributed by atoms with E-state index in [1.54, 1.807) is 35.0 Å². The van der Waals surface area contributed by atoms with Gasteiger partial charge < -0.3 is 9.47 Å². The lowest BCUT2D eigenvalue weighted by Crippen LogP contribution is -2.36. The van der Waals surface area contributed by atoms with E-state index >= 15 is 0 Å². The highest BCUT2D eigenvalue weighted by Gasteiger charge is 2.49. The number of rotatable bonds is 3. The first kappa shape index (κ1) is 17.1. The van der Waals surface area contributed by atoms with Crippen molar-refractivity contribution in [1.29, 1.82) is 0 Å². The quantitative estimate of drug-likeness (QED) is 0.773. The Morgan fingerprint density at radius 3 is 2.81 bits per heavy atom. The molecule has 0 saturated carbocycles. The molecule has 0 spiro atoms. The lowest BCUT2D eigenvalue weighted by atomic mass is 9.91. The third kappa shape index (κ3) is 3.11. The summed E-state index contributed by atoms with van der Waals surface area (Å²) in [5, 5.41) is 4.28. The summed E-state index contributed by atoms with van der Waals surface area (Å²) in [7, 11) is 0. The summed E-state index contributed by atoms with van der Waals surface area (Å²) >= 11 is 0. The van der Waals surface area contributed by atoms with E-state index in [4.69, 9.17) is 9.47 Å². The van der Waals surface area contributed by atoms with E-state index in [-0.39, 0.29) is 30.2 Å². The molecular formula is C19H20F2N2O3. The molecule has 4 rings (SSSR count). The second kappa shape index (κ2) is 6.79. The fraction of sp³-hybridized carbons (Fsp3) is 0.474. The van der Waals surface area contributed by atoms with Crippen molar-refractivity contribution < 1.29 is 23.0 Å². The first-order valence-corrected chi connectivity index (χ1v) is 8.88. The zero-order chi connectivity index (χ0) is 18.1. The Labute approximate surface area is 149 Å². The van der Waals surface area contributed by atoms with Gasteiger partial charge in [0.2, 0.25) is 0 Å². The number of benzene rings is 1. The molecule has 0 radical (unpaired) electrons. The fourth-order valence-electron chi connectivity index (χ4n) is 3.59. The van der Waals surface area contributed by atoms with E-state index in [1.807, 2.05) is 0 Å². The van der Waals surface area contributed by atoms with Gasteiger partial charge in [0, 0.05) is 24.3 Å². The Hall–Kier alpha value is -2.28. The van der Waals surface area contributed by atoms with Crippen LogP contribution in [0.15, 0.2) is 36.5 Å². The van der Waals surface area contributed by atoms with Gasteiger partial charge >= 0.3 is 5.97 Å². The Morgan fingerprint density at radius 1 is 1.27 bits per heavy atom. The molecule has 1 fully saturated rings. The summed E-state index contributed by atoms with van der Waals surface area (Å²) in [4.78, 5) is 12.3. The lowest BCUT2D eigenvalue weighted by Gasteiger charge is -2.32. The Morgan fingerprint density at radius 2 is 2.08 bits per heavy atom. The van der Waals surface area contributed by atoms with Crippen LogP contribution in [0, 0.1) is 0 Å². The van der Waals surface area contributed by atoms with Crippen molar-refractivity contribution in [3.8, 4) is 0 Å². The molecule has 26 heavy (non-hydrogen) atoms. The van der Waals surface area contributed by atoms with Gasteiger partial charge in [0.25, 0.3) is 5.92 Å². The fourth-order valence-corrected chi connectivity index (χ4v) is 3.59. The van der Waals surface area contributed by atoms with E-state index in [0.29, 0.717) is 12.3 Å². The number of esters is 1. The highest BCUT2D eigenvalue weighted by molar-refractivity contribution is 5.89. The maximum atomic E-state index is 14.5. The predicted molar refractivity (Wildman–Crippen MR) is 88.9 cm³/mol. The average Bonchev–Trinajstić information content (AvgIpc) is 3.09. The molecule has 1 aliphatic carbocycles. The van der Waals surface area contributed by atoms with Crippen LogP contribution in [0.3, 0.4) is 0 Å². The Bertz CT molecular complexity index is 785. The second-order valence-corrected chi connectivity index (χ2v) is 6.72. The highest BCUT2D eigenvalue weighted by atomic mass is 19.3. The summed E-state index contributed by atoms with van der Waals surface area (Å²) in [5.41, 5.74) is 1.20. The first-order chi connectivity index (χ1) is 12.6. The van der Waals surface area contributed by atoms with Crippen molar-refractivity contribution in [3.63, 3.8) is 0 Å². The minimum atomic E-state index is -3.13. The van der Waals surface area contributed by atoms with Crippen LogP contribution >= 0.6 is 0 Å². The molecule has 0 N–H and O–H groups in total. The maximum Gasteiger partial charge on any atom is 0.338 e. The molecule has 1 aromatic heterocycles. The first-order valence-electron chi connectivity index (χ1n) is 8.88. The molecule has 0 bridgehead atoms. The van der Waals surface area contributed by atoms with Gasteiger partial charge in [-0.1, -0.05) is 18.2 Å². The van der Waals surface area contributed by atoms with Gasteiger partial charge in [0.1, 0.15) is 6.23 Å². The number of halogens is 2. The number of hydrogen-bond donors (Lipinski definition) is 0. The SMILES string of the molecule is O=C(O[C@H]1c2cnn(C3CCCCO3)c2CCC1(F)F)c1ccccc1. The number of hydrogen-bond acceptors (Lipinski definition) is 4. The van der Waals surface area contributed by atoms with Crippen LogP contribution < -0.4 is 0 Å². The standard InChI is InChI=1S/C19H20F2N2O3/c20-19(21)10-9-15-14(12-22-23(15)16-8-4-5-11-25-16)17(19)26-18(24)13-6-2-1-3-7-13/h1-3,6-7,12,16-17H,4-5,8-11H2/t16?,17-/m0/s1. The van der Waals surface area contributed by atoms with Crippen molar-refractivity contribution in [3.05, 3.63) is 53.3 Å². The number of ether oxygens (including phenoxy) is 2. The largest absolute Gasteiger partial charge is 0.447 e. The van der Waals surface area contributed by atoms with E-state index in [9.17, 15) is 13.6 Å². The zero-order valence-electron chi connectivity index (χ0n) is 14.2. The van der Waals surface area contributed by atoms with Gasteiger partial charge in [-0.25, -0.2) is 18.3 Å². The van der Waals surface area contributed by atoms with E-state index < -0.39 is 18.0 Å². The molecule has 2 heterocycles. The van der Waals surface area contributed by atoms with Crippen LogP contribution in [0.1, 0.15) is 59.6 Å². The molecule has 5 nitrogen and oxygen atoms in total. The topological polar surface area (TPSA) is 53.3 Å². The summed E-state index contributed by atoms with van der Waals surface area (Å²) in [5.74, 6) is -3.89.